The Hall–Kier alpha value is -3.47. The van der Waals surface area contributed by atoms with Gasteiger partial charge >= 0.3 is 0 Å². The molecular formula is C21H20N2O3. The lowest BCUT2D eigenvalue weighted by Crippen LogP contribution is -2.07. The third-order valence-corrected chi connectivity index (χ3v) is 4.03. The summed E-state index contributed by atoms with van der Waals surface area (Å²) in [5, 5.41) is 3.23. The van der Waals surface area contributed by atoms with Gasteiger partial charge in [0.1, 0.15) is 0 Å². The molecule has 0 aliphatic heterocycles. The summed E-state index contributed by atoms with van der Waals surface area (Å²) in [6.45, 7) is 0. The molecule has 0 amide bonds. The molecule has 0 aromatic heterocycles. The summed E-state index contributed by atoms with van der Waals surface area (Å²) >= 11 is 0. The van der Waals surface area contributed by atoms with Crippen LogP contribution in [0.2, 0.25) is 0 Å². The summed E-state index contributed by atoms with van der Waals surface area (Å²) in [4.78, 5) is 12.8. The number of nitrogens with two attached hydrogens (primary N) is 1. The summed E-state index contributed by atoms with van der Waals surface area (Å²) < 4.78 is 11.0. The summed E-state index contributed by atoms with van der Waals surface area (Å²) in [5.41, 5.74) is 9.03. The standard InChI is InChI=1S/C21H20N2O3/c1-25-20-15(19(24)14-8-4-3-5-9-14)12-13-18(21(20)26-2)23-17-11-7-6-10-16(17)22/h3-13,23H,22H2,1-2H3. The van der Waals surface area contributed by atoms with Gasteiger partial charge in [0, 0.05) is 5.56 Å². The maximum Gasteiger partial charge on any atom is 0.196 e. The summed E-state index contributed by atoms with van der Waals surface area (Å²) in [6, 6.07) is 20.0. The van der Waals surface area contributed by atoms with Crippen molar-refractivity contribution in [2.45, 2.75) is 0 Å². The minimum Gasteiger partial charge on any atom is -0.492 e. The molecule has 0 radical (unpaired) electrons. The topological polar surface area (TPSA) is 73.6 Å². The van der Waals surface area contributed by atoms with Gasteiger partial charge in [0.05, 0.1) is 36.8 Å². The molecule has 5 heteroatoms. The second-order valence-electron chi connectivity index (χ2n) is 5.63. The van der Waals surface area contributed by atoms with Crippen LogP contribution in [0.3, 0.4) is 0 Å². The van der Waals surface area contributed by atoms with E-state index in [0.29, 0.717) is 34.0 Å². The highest BCUT2D eigenvalue weighted by atomic mass is 16.5. The van der Waals surface area contributed by atoms with Gasteiger partial charge in [-0.2, -0.15) is 0 Å². The first kappa shape index (κ1) is 17.4. The second kappa shape index (κ2) is 7.61. The predicted molar refractivity (Wildman–Crippen MR) is 104 cm³/mol. The average molecular weight is 348 g/mol. The Morgan fingerprint density at radius 3 is 2.12 bits per heavy atom. The molecule has 3 aromatic carbocycles. The Kier molecular flexibility index (Phi) is 5.08. The molecule has 0 fully saturated rings. The number of hydrogen-bond donors (Lipinski definition) is 2. The highest BCUT2D eigenvalue weighted by Gasteiger charge is 2.21. The van der Waals surface area contributed by atoms with Gasteiger partial charge in [0.15, 0.2) is 17.3 Å². The molecule has 0 saturated carbocycles. The van der Waals surface area contributed by atoms with Gasteiger partial charge in [-0.05, 0) is 24.3 Å². The number of carbonyl (C=O) groups is 1. The van der Waals surface area contributed by atoms with Crippen molar-refractivity contribution in [3.8, 4) is 11.5 Å². The van der Waals surface area contributed by atoms with Crippen molar-refractivity contribution in [1.82, 2.24) is 0 Å². The lowest BCUT2D eigenvalue weighted by Gasteiger charge is -2.18. The molecule has 0 aliphatic carbocycles. The number of anilines is 3. The van der Waals surface area contributed by atoms with Crippen LogP contribution in [0, 0.1) is 0 Å². The number of benzene rings is 3. The molecule has 3 aromatic rings. The van der Waals surface area contributed by atoms with E-state index in [-0.39, 0.29) is 5.78 Å². The maximum atomic E-state index is 12.8. The molecule has 0 heterocycles. The van der Waals surface area contributed by atoms with Crippen molar-refractivity contribution in [1.29, 1.82) is 0 Å². The molecule has 5 nitrogen and oxygen atoms in total. The van der Waals surface area contributed by atoms with Gasteiger partial charge in [-0.3, -0.25) is 4.79 Å². The molecule has 3 rings (SSSR count). The first-order chi connectivity index (χ1) is 12.7. The van der Waals surface area contributed by atoms with Crippen LogP contribution in [-0.4, -0.2) is 20.0 Å². The highest BCUT2D eigenvalue weighted by molar-refractivity contribution is 6.11. The minimum absolute atomic E-state index is 0.133. The summed E-state index contributed by atoms with van der Waals surface area (Å²) in [5.74, 6) is 0.685. The van der Waals surface area contributed by atoms with E-state index in [1.165, 1.54) is 14.2 Å². The van der Waals surface area contributed by atoms with Crippen molar-refractivity contribution in [2.75, 3.05) is 25.3 Å². The van der Waals surface area contributed by atoms with Crippen molar-refractivity contribution >= 4 is 22.8 Å². The highest BCUT2D eigenvalue weighted by Crippen LogP contribution is 2.41. The number of ether oxygens (including phenoxy) is 2. The van der Waals surface area contributed by atoms with Gasteiger partial charge in [0.2, 0.25) is 0 Å². The number of rotatable bonds is 6. The summed E-state index contributed by atoms with van der Waals surface area (Å²) in [6.07, 6.45) is 0. The van der Waals surface area contributed by atoms with E-state index in [0.717, 1.165) is 5.69 Å². The zero-order valence-electron chi connectivity index (χ0n) is 14.7. The first-order valence-electron chi connectivity index (χ1n) is 8.12. The number of ketones is 1. The fourth-order valence-electron chi connectivity index (χ4n) is 2.75. The summed E-state index contributed by atoms with van der Waals surface area (Å²) in [7, 11) is 3.05. The van der Waals surface area contributed by atoms with E-state index < -0.39 is 0 Å². The first-order valence-corrected chi connectivity index (χ1v) is 8.12. The molecule has 132 valence electrons. The van der Waals surface area contributed by atoms with Crippen molar-refractivity contribution in [2.24, 2.45) is 0 Å². The molecular weight excluding hydrogens is 328 g/mol. The van der Waals surface area contributed by atoms with E-state index in [9.17, 15) is 4.79 Å². The third kappa shape index (κ3) is 3.32. The number of methoxy groups -OCH3 is 2. The van der Waals surface area contributed by atoms with Crippen LogP contribution in [0.15, 0.2) is 66.7 Å². The molecule has 0 atom stereocenters. The van der Waals surface area contributed by atoms with E-state index >= 15 is 0 Å². The van der Waals surface area contributed by atoms with Gasteiger partial charge in [-0.25, -0.2) is 0 Å². The minimum atomic E-state index is -0.133. The van der Waals surface area contributed by atoms with Crippen LogP contribution >= 0.6 is 0 Å². The van der Waals surface area contributed by atoms with Crippen LogP contribution in [0.1, 0.15) is 15.9 Å². The van der Waals surface area contributed by atoms with Crippen LogP contribution in [0.25, 0.3) is 0 Å². The van der Waals surface area contributed by atoms with Crippen LogP contribution < -0.4 is 20.5 Å². The fourth-order valence-corrected chi connectivity index (χ4v) is 2.75. The Morgan fingerprint density at radius 2 is 1.46 bits per heavy atom. The quantitative estimate of drug-likeness (QED) is 0.514. The zero-order chi connectivity index (χ0) is 18.5. The second-order valence-corrected chi connectivity index (χ2v) is 5.63. The van der Waals surface area contributed by atoms with Gasteiger partial charge in [-0.15, -0.1) is 0 Å². The Bertz CT molecular complexity index is 924. The van der Waals surface area contributed by atoms with E-state index in [1.807, 2.05) is 36.4 Å². The Balaban J connectivity index is 2.04. The van der Waals surface area contributed by atoms with Crippen molar-refractivity contribution in [3.63, 3.8) is 0 Å². The van der Waals surface area contributed by atoms with E-state index in [2.05, 4.69) is 5.32 Å². The number of hydrogen-bond acceptors (Lipinski definition) is 5. The van der Waals surface area contributed by atoms with Crippen molar-refractivity contribution in [3.05, 3.63) is 77.9 Å². The van der Waals surface area contributed by atoms with Gasteiger partial charge < -0.3 is 20.5 Å². The monoisotopic (exact) mass is 348 g/mol. The lowest BCUT2D eigenvalue weighted by molar-refractivity contribution is 0.103. The van der Waals surface area contributed by atoms with Crippen LogP contribution in [0.4, 0.5) is 17.1 Å². The van der Waals surface area contributed by atoms with Gasteiger partial charge in [-0.1, -0.05) is 42.5 Å². The molecule has 0 saturated heterocycles. The maximum absolute atomic E-state index is 12.8. The zero-order valence-corrected chi connectivity index (χ0v) is 14.7. The largest absolute Gasteiger partial charge is 0.492 e. The molecule has 3 N–H and O–H groups in total. The normalized spacial score (nSPS) is 10.2. The van der Waals surface area contributed by atoms with Crippen LogP contribution in [0.5, 0.6) is 11.5 Å². The fraction of sp³-hybridized carbons (Fsp3) is 0.0952. The van der Waals surface area contributed by atoms with E-state index in [1.54, 1.807) is 30.3 Å². The Labute approximate surface area is 152 Å². The predicted octanol–water partition coefficient (Wildman–Crippen LogP) is 4.26. The molecule has 0 aliphatic rings. The molecule has 26 heavy (non-hydrogen) atoms. The smallest absolute Gasteiger partial charge is 0.196 e. The van der Waals surface area contributed by atoms with Crippen molar-refractivity contribution < 1.29 is 14.3 Å². The SMILES string of the molecule is COc1c(Nc2ccccc2N)ccc(C(=O)c2ccccc2)c1OC. The number of para-hydroxylation sites is 2. The Morgan fingerprint density at radius 1 is 0.808 bits per heavy atom. The number of carbonyl (C=O) groups excluding carboxylic acids is 1. The molecule has 0 bridgehead atoms. The number of nitrogen functional groups attached to an aromatic ring is 1. The average Bonchev–Trinajstić information content (AvgIpc) is 2.69. The molecule has 0 unspecified atom stereocenters. The number of nitrogens with one attached hydrogen (secondary N) is 1. The third-order valence-electron chi connectivity index (χ3n) is 4.03. The lowest BCUT2D eigenvalue weighted by atomic mass is 10.0. The van der Waals surface area contributed by atoms with Gasteiger partial charge in [0.25, 0.3) is 0 Å². The van der Waals surface area contributed by atoms with E-state index in [4.69, 9.17) is 15.2 Å². The van der Waals surface area contributed by atoms with Crippen LogP contribution in [-0.2, 0) is 0 Å². The molecule has 0 spiro atoms.